The smallest absolute Gasteiger partial charge is 0.265 e. The molecule has 0 aromatic heterocycles. The van der Waals surface area contributed by atoms with Crippen LogP contribution < -0.4 is 10.0 Å². The maximum absolute atomic E-state index is 12.2. The Labute approximate surface area is 123 Å². The average Bonchev–Trinajstić information content (AvgIpc) is 2.47. The zero-order valence-electron chi connectivity index (χ0n) is 11.7. The molecule has 2 rings (SSSR count). The third-order valence-electron chi connectivity index (χ3n) is 2.94. The molecule has 0 aliphatic carbocycles. The quantitative estimate of drug-likeness (QED) is 0.834. The first-order valence-electron chi connectivity index (χ1n) is 6.56. The van der Waals surface area contributed by atoms with Crippen LogP contribution >= 0.6 is 7.37 Å². The second-order valence-electron chi connectivity index (χ2n) is 4.83. The Hall–Kier alpha value is -1.90. The van der Waals surface area contributed by atoms with Crippen LogP contribution in [0.15, 0.2) is 54.6 Å². The molecule has 0 bridgehead atoms. The predicted molar refractivity (Wildman–Crippen MR) is 82.2 cm³/mol. The molecular weight excluding hydrogens is 287 g/mol. The summed E-state index contributed by atoms with van der Waals surface area (Å²) in [6, 6.07) is 15.4. The van der Waals surface area contributed by atoms with Crippen LogP contribution in [0.4, 0.5) is 0 Å². The topological polar surface area (TPSA) is 63.6 Å². The summed E-state index contributed by atoms with van der Waals surface area (Å²) in [5.74, 6) is 0.597. The van der Waals surface area contributed by atoms with E-state index in [1.807, 2.05) is 0 Å². The summed E-state index contributed by atoms with van der Waals surface area (Å²) in [7, 11) is -3.52. The summed E-state index contributed by atoms with van der Waals surface area (Å²) < 4.78 is 17.6. The van der Waals surface area contributed by atoms with Gasteiger partial charge >= 0.3 is 0 Å². The number of ketones is 1. The van der Waals surface area contributed by atoms with Crippen molar-refractivity contribution in [3.05, 3.63) is 60.2 Å². The molecule has 1 atom stereocenters. The minimum atomic E-state index is -3.52. The van der Waals surface area contributed by atoms with Gasteiger partial charge in [0, 0.05) is 11.7 Å². The third kappa shape index (κ3) is 4.55. The van der Waals surface area contributed by atoms with Gasteiger partial charge in [-0.3, -0.25) is 9.36 Å². The number of hydrogen-bond donors (Lipinski definition) is 1. The minimum Gasteiger partial charge on any atom is -0.483 e. The lowest BCUT2D eigenvalue weighted by atomic mass is 10.1. The molecule has 0 saturated heterocycles. The van der Waals surface area contributed by atoms with E-state index in [-0.39, 0.29) is 12.1 Å². The molecule has 0 fully saturated rings. The van der Waals surface area contributed by atoms with E-state index >= 15 is 0 Å². The Morgan fingerprint density at radius 3 is 2.29 bits per heavy atom. The van der Waals surface area contributed by atoms with Gasteiger partial charge in [0.05, 0.1) is 0 Å². The van der Waals surface area contributed by atoms with Crippen molar-refractivity contribution in [2.45, 2.75) is 13.3 Å². The molecule has 0 radical (unpaired) electrons. The largest absolute Gasteiger partial charge is 0.483 e. The Morgan fingerprint density at radius 1 is 1.10 bits per heavy atom. The van der Waals surface area contributed by atoms with Crippen molar-refractivity contribution >= 4 is 18.5 Å². The van der Waals surface area contributed by atoms with E-state index < -0.39 is 7.37 Å². The zero-order chi connectivity index (χ0) is 15.3. The molecular formula is C16H17O4P. The first-order valence-corrected chi connectivity index (χ1v) is 8.40. The van der Waals surface area contributed by atoms with Gasteiger partial charge in [0.1, 0.15) is 11.5 Å². The van der Waals surface area contributed by atoms with Crippen molar-refractivity contribution in [2.75, 3.05) is 6.35 Å². The number of hydrogen-bond acceptors (Lipinski definition) is 3. The first kappa shape index (κ1) is 15.5. The summed E-state index contributed by atoms with van der Waals surface area (Å²) in [5, 5.41) is 0.373. The lowest BCUT2D eigenvalue weighted by Crippen LogP contribution is -2.10. The van der Waals surface area contributed by atoms with Crippen LogP contribution in [0.3, 0.4) is 0 Å². The molecule has 0 aliphatic rings. The molecule has 110 valence electrons. The van der Waals surface area contributed by atoms with Crippen LogP contribution in [-0.4, -0.2) is 17.0 Å². The molecule has 21 heavy (non-hydrogen) atoms. The second kappa shape index (κ2) is 6.70. The monoisotopic (exact) mass is 304 g/mol. The molecule has 4 nitrogen and oxygen atoms in total. The van der Waals surface area contributed by atoms with Gasteiger partial charge in [-0.15, -0.1) is 0 Å². The fraction of sp³-hybridized carbons (Fsp3) is 0.188. The SMILES string of the molecule is CC(=O)Cc1ccc(OCP(=O)(O)c2ccccc2)cc1. The van der Waals surface area contributed by atoms with Gasteiger partial charge < -0.3 is 9.63 Å². The van der Waals surface area contributed by atoms with Crippen LogP contribution in [0.5, 0.6) is 5.75 Å². The lowest BCUT2D eigenvalue weighted by molar-refractivity contribution is -0.116. The molecule has 2 aromatic rings. The standard InChI is InChI=1S/C16H17O4P/c1-13(17)11-14-7-9-15(10-8-14)20-12-21(18,19)16-5-3-2-4-6-16/h2-10H,11-12H2,1H3,(H,18,19). The van der Waals surface area contributed by atoms with Gasteiger partial charge in [0.25, 0.3) is 7.37 Å². The fourth-order valence-electron chi connectivity index (χ4n) is 1.89. The number of rotatable bonds is 6. The Kier molecular flexibility index (Phi) is 4.94. The highest BCUT2D eigenvalue weighted by molar-refractivity contribution is 7.65. The van der Waals surface area contributed by atoms with E-state index in [0.29, 0.717) is 17.5 Å². The van der Waals surface area contributed by atoms with E-state index in [4.69, 9.17) is 4.74 Å². The van der Waals surface area contributed by atoms with Gasteiger partial charge in [0.15, 0.2) is 6.35 Å². The summed E-state index contributed by atoms with van der Waals surface area (Å²) in [6.45, 7) is 1.53. The minimum absolute atomic E-state index is 0.0904. The molecule has 0 amide bonds. The predicted octanol–water partition coefficient (Wildman–Crippen LogP) is 2.75. The van der Waals surface area contributed by atoms with Gasteiger partial charge in [-0.25, -0.2) is 0 Å². The summed E-state index contributed by atoms with van der Waals surface area (Å²) in [5.41, 5.74) is 0.894. The number of Topliss-reactive ketones (excluding diaryl/α,β-unsaturated/α-hetero) is 1. The van der Waals surface area contributed by atoms with Crippen molar-refractivity contribution in [3.63, 3.8) is 0 Å². The van der Waals surface area contributed by atoms with Crippen molar-refractivity contribution < 1.29 is 19.0 Å². The van der Waals surface area contributed by atoms with Crippen LogP contribution in [-0.2, 0) is 15.8 Å². The maximum atomic E-state index is 12.2. The third-order valence-corrected chi connectivity index (χ3v) is 4.53. The van der Waals surface area contributed by atoms with Crippen molar-refractivity contribution in [3.8, 4) is 5.75 Å². The number of carbonyl (C=O) groups is 1. The van der Waals surface area contributed by atoms with Crippen molar-refractivity contribution in [2.24, 2.45) is 0 Å². The van der Waals surface area contributed by atoms with Crippen LogP contribution in [0.1, 0.15) is 12.5 Å². The van der Waals surface area contributed by atoms with Gasteiger partial charge in [-0.1, -0.05) is 30.3 Å². The highest BCUT2D eigenvalue weighted by atomic mass is 31.2. The van der Waals surface area contributed by atoms with E-state index in [0.717, 1.165) is 5.56 Å². The number of benzene rings is 2. The van der Waals surface area contributed by atoms with Crippen molar-refractivity contribution in [1.82, 2.24) is 0 Å². The summed E-state index contributed by atoms with van der Waals surface area (Å²) in [4.78, 5) is 21.0. The van der Waals surface area contributed by atoms with Crippen LogP contribution in [0, 0.1) is 0 Å². The molecule has 0 heterocycles. The normalized spacial score (nSPS) is 13.4. The molecule has 1 N–H and O–H groups in total. The van der Waals surface area contributed by atoms with Gasteiger partial charge in [-0.2, -0.15) is 0 Å². The first-order chi connectivity index (χ1) is 9.97. The molecule has 5 heteroatoms. The fourth-order valence-corrected chi connectivity index (χ4v) is 3.00. The van der Waals surface area contributed by atoms with E-state index in [9.17, 15) is 14.3 Å². The highest BCUT2D eigenvalue weighted by Crippen LogP contribution is 2.39. The zero-order valence-corrected chi connectivity index (χ0v) is 12.6. The maximum Gasteiger partial charge on any atom is 0.265 e. The van der Waals surface area contributed by atoms with Crippen LogP contribution in [0.25, 0.3) is 0 Å². The van der Waals surface area contributed by atoms with Gasteiger partial charge in [-0.05, 0) is 36.8 Å². The van der Waals surface area contributed by atoms with E-state index in [2.05, 4.69) is 0 Å². The van der Waals surface area contributed by atoms with E-state index in [1.54, 1.807) is 54.6 Å². The second-order valence-corrected chi connectivity index (χ2v) is 7.01. The molecule has 0 aliphatic heterocycles. The highest BCUT2D eigenvalue weighted by Gasteiger charge is 2.21. The average molecular weight is 304 g/mol. The summed E-state index contributed by atoms with van der Waals surface area (Å²) in [6.07, 6.45) is 0.103. The molecule has 0 spiro atoms. The lowest BCUT2D eigenvalue weighted by Gasteiger charge is -2.13. The number of carbonyl (C=O) groups excluding carboxylic acids is 1. The Bertz CT molecular complexity index is 650. The van der Waals surface area contributed by atoms with E-state index in [1.165, 1.54) is 6.92 Å². The summed E-state index contributed by atoms with van der Waals surface area (Å²) >= 11 is 0. The molecule has 0 saturated carbocycles. The molecule has 1 unspecified atom stereocenters. The Balaban J connectivity index is 1.99. The Morgan fingerprint density at radius 2 is 1.71 bits per heavy atom. The number of ether oxygens (including phenoxy) is 1. The molecule has 2 aromatic carbocycles. The van der Waals surface area contributed by atoms with Gasteiger partial charge in [0.2, 0.25) is 0 Å². The van der Waals surface area contributed by atoms with Crippen LogP contribution in [0.2, 0.25) is 0 Å². The van der Waals surface area contributed by atoms with Crippen molar-refractivity contribution in [1.29, 1.82) is 0 Å².